The summed E-state index contributed by atoms with van der Waals surface area (Å²) < 4.78 is 15.3. The van der Waals surface area contributed by atoms with Gasteiger partial charge in [0.1, 0.15) is 5.82 Å². The third kappa shape index (κ3) is 3.28. The number of rotatable bonds is 4. The molecule has 3 aliphatic rings. The van der Waals surface area contributed by atoms with E-state index < -0.39 is 23.2 Å². The Morgan fingerprint density at radius 2 is 1.94 bits per heavy atom. The molecule has 1 saturated heterocycles. The number of anilines is 1. The van der Waals surface area contributed by atoms with E-state index in [0.717, 1.165) is 18.4 Å². The summed E-state index contributed by atoms with van der Waals surface area (Å²) in [7, 11) is 0. The van der Waals surface area contributed by atoms with Gasteiger partial charge in [-0.25, -0.2) is 4.39 Å². The fourth-order valence-electron chi connectivity index (χ4n) is 6.20. The Balaban J connectivity index is 1.59. The van der Waals surface area contributed by atoms with Gasteiger partial charge >= 0.3 is 0 Å². The van der Waals surface area contributed by atoms with Crippen LogP contribution in [0.25, 0.3) is 0 Å². The van der Waals surface area contributed by atoms with Crippen LogP contribution in [0.4, 0.5) is 10.1 Å². The van der Waals surface area contributed by atoms with Crippen LogP contribution in [-0.2, 0) is 15.0 Å². The smallest absolute Gasteiger partial charge is 0.237 e. The summed E-state index contributed by atoms with van der Waals surface area (Å²) in [6.45, 7) is 4.63. The van der Waals surface area contributed by atoms with E-state index in [1.807, 2.05) is 0 Å². The topological polar surface area (TPSA) is 58.2 Å². The molecule has 3 unspecified atom stereocenters. The number of amides is 1. The summed E-state index contributed by atoms with van der Waals surface area (Å²) in [6.07, 6.45) is 2.41. The van der Waals surface area contributed by atoms with E-state index in [1.54, 1.807) is 30.3 Å². The van der Waals surface area contributed by atoms with Crippen molar-refractivity contribution in [2.45, 2.75) is 50.5 Å². The molecular weight excluding hydrogens is 450 g/mol. The second-order valence-electron chi connectivity index (χ2n) is 10.2. The van der Waals surface area contributed by atoms with Crippen molar-refractivity contribution in [3.8, 4) is 0 Å². The maximum absolute atomic E-state index is 15.3. The first kappa shape index (κ1) is 21.9. The third-order valence-corrected chi connectivity index (χ3v) is 7.94. The van der Waals surface area contributed by atoms with Gasteiger partial charge in [-0.1, -0.05) is 55.2 Å². The van der Waals surface area contributed by atoms with E-state index in [2.05, 4.69) is 24.5 Å². The Morgan fingerprint density at radius 1 is 1.19 bits per heavy atom. The van der Waals surface area contributed by atoms with Gasteiger partial charge in [-0.05, 0) is 53.5 Å². The maximum atomic E-state index is 15.3. The summed E-state index contributed by atoms with van der Waals surface area (Å²) in [5.74, 6) is -1.22. The zero-order valence-corrected chi connectivity index (χ0v) is 19.5. The first-order valence-corrected chi connectivity index (χ1v) is 11.7. The molecule has 2 fully saturated rings. The van der Waals surface area contributed by atoms with Crippen LogP contribution in [0.5, 0.6) is 0 Å². The molecule has 3 atom stereocenters. The lowest BCUT2D eigenvalue weighted by Gasteiger charge is -2.43. The minimum Gasteiger partial charge on any atom is -0.325 e. The van der Waals surface area contributed by atoms with Crippen molar-refractivity contribution in [3.05, 3.63) is 63.4 Å². The highest BCUT2D eigenvalue weighted by Crippen LogP contribution is 2.54. The predicted octanol–water partition coefficient (Wildman–Crippen LogP) is 5.47. The van der Waals surface area contributed by atoms with Crippen molar-refractivity contribution in [1.82, 2.24) is 5.32 Å². The summed E-state index contributed by atoms with van der Waals surface area (Å²) in [4.78, 5) is 26.9. The van der Waals surface area contributed by atoms with Gasteiger partial charge in [0.15, 0.2) is 5.78 Å². The number of Topliss-reactive ketones (excluding diaryl/α,β-unsaturated/α-hetero) is 1. The zero-order chi connectivity index (χ0) is 22.8. The second kappa shape index (κ2) is 7.54. The molecule has 2 heterocycles. The van der Waals surface area contributed by atoms with Gasteiger partial charge in [0, 0.05) is 29.6 Å². The summed E-state index contributed by atoms with van der Waals surface area (Å²) in [6, 6.07) is 9.31. The first-order chi connectivity index (χ1) is 15.1. The number of benzene rings is 2. The minimum atomic E-state index is -1.12. The molecule has 5 rings (SSSR count). The largest absolute Gasteiger partial charge is 0.325 e. The lowest BCUT2D eigenvalue weighted by molar-refractivity contribution is -0.124. The van der Waals surface area contributed by atoms with Crippen LogP contribution in [0.3, 0.4) is 0 Å². The highest BCUT2D eigenvalue weighted by molar-refractivity contribution is 6.31. The van der Waals surface area contributed by atoms with Crippen LogP contribution >= 0.6 is 23.2 Å². The number of fused-ring (bicyclic) bond motifs is 2. The molecule has 168 valence electrons. The third-order valence-electron chi connectivity index (χ3n) is 7.42. The monoisotopic (exact) mass is 474 g/mol. The molecule has 2 aliphatic heterocycles. The summed E-state index contributed by atoms with van der Waals surface area (Å²) >= 11 is 12.3. The van der Waals surface area contributed by atoms with Gasteiger partial charge in [-0.2, -0.15) is 0 Å². The van der Waals surface area contributed by atoms with Crippen molar-refractivity contribution in [2.24, 2.45) is 11.3 Å². The Bertz CT molecular complexity index is 1130. The van der Waals surface area contributed by atoms with Gasteiger partial charge < -0.3 is 10.6 Å². The molecule has 0 aromatic heterocycles. The Labute approximate surface area is 196 Å². The molecule has 0 radical (unpaired) electrons. The van der Waals surface area contributed by atoms with Crippen LogP contribution in [0.15, 0.2) is 36.4 Å². The molecule has 1 spiro atoms. The normalized spacial score (nSPS) is 28.5. The highest BCUT2D eigenvalue weighted by atomic mass is 35.5. The summed E-state index contributed by atoms with van der Waals surface area (Å²) in [5, 5.41) is 6.68. The number of carbonyl (C=O) groups is 2. The number of hydrogen-bond donors (Lipinski definition) is 2. The quantitative estimate of drug-likeness (QED) is 0.617. The fraction of sp³-hybridized carbons (Fsp3) is 0.440. The maximum Gasteiger partial charge on any atom is 0.237 e. The van der Waals surface area contributed by atoms with Crippen molar-refractivity contribution in [3.63, 3.8) is 0 Å². The Kier molecular flexibility index (Phi) is 5.16. The van der Waals surface area contributed by atoms with Gasteiger partial charge in [-0.3, -0.25) is 9.59 Å². The van der Waals surface area contributed by atoms with Crippen LogP contribution in [0.1, 0.15) is 50.2 Å². The number of hydrogen-bond acceptors (Lipinski definition) is 3. The molecule has 0 bridgehead atoms. The molecule has 4 nitrogen and oxygen atoms in total. The average molecular weight is 475 g/mol. The van der Waals surface area contributed by atoms with Crippen molar-refractivity contribution >= 4 is 40.6 Å². The summed E-state index contributed by atoms with van der Waals surface area (Å²) in [5.41, 5.74) is 0.754. The fourth-order valence-corrected chi connectivity index (χ4v) is 6.55. The molecule has 1 aliphatic carbocycles. The van der Waals surface area contributed by atoms with Gasteiger partial charge in [0.25, 0.3) is 0 Å². The Morgan fingerprint density at radius 3 is 2.66 bits per heavy atom. The standard InChI is InChI=1S/C25H25Cl2FN2O2/c1-24(2)10-13(11-24)8-19(31)22-20(15-4-3-5-17(27)21(15)28)25(12-29-22)16-7-6-14(26)9-18(16)30-23(25)32/h3-7,9,13,20,22,29H,8,10-12H2,1-2H3,(H,30,32). The second-order valence-corrected chi connectivity index (χ2v) is 11.0. The molecular formula is C25H25Cl2FN2O2. The molecule has 2 aromatic rings. The van der Waals surface area contributed by atoms with Gasteiger partial charge in [-0.15, -0.1) is 0 Å². The first-order valence-electron chi connectivity index (χ1n) is 10.9. The number of ketones is 1. The van der Waals surface area contributed by atoms with Crippen molar-refractivity contribution < 1.29 is 14.0 Å². The van der Waals surface area contributed by atoms with E-state index in [0.29, 0.717) is 23.0 Å². The lowest BCUT2D eigenvalue weighted by atomic mass is 9.62. The molecule has 1 amide bonds. The van der Waals surface area contributed by atoms with E-state index >= 15 is 4.39 Å². The highest BCUT2D eigenvalue weighted by Gasteiger charge is 2.61. The van der Waals surface area contributed by atoms with Gasteiger partial charge in [0.2, 0.25) is 5.91 Å². The number of halogens is 3. The van der Waals surface area contributed by atoms with Crippen molar-refractivity contribution in [2.75, 3.05) is 11.9 Å². The van der Waals surface area contributed by atoms with Gasteiger partial charge in [0.05, 0.1) is 16.5 Å². The molecule has 32 heavy (non-hydrogen) atoms. The van der Waals surface area contributed by atoms with E-state index in [4.69, 9.17) is 23.2 Å². The predicted molar refractivity (Wildman–Crippen MR) is 124 cm³/mol. The molecule has 2 aromatic carbocycles. The molecule has 1 saturated carbocycles. The number of nitrogens with one attached hydrogen (secondary N) is 2. The molecule has 2 N–H and O–H groups in total. The lowest BCUT2D eigenvalue weighted by Crippen LogP contribution is -2.44. The Hall–Kier alpha value is -1.95. The van der Waals surface area contributed by atoms with E-state index in [9.17, 15) is 9.59 Å². The average Bonchev–Trinajstić information content (AvgIpc) is 3.22. The molecule has 7 heteroatoms. The van der Waals surface area contributed by atoms with Crippen LogP contribution in [0.2, 0.25) is 10.0 Å². The van der Waals surface area contributed by atoms with Crippen LogP contribution in [-0.4, -0.2) is 24.3 Å². The SMILES string of the molecule is CC1(C)CC(CC(=O)C2NCC3(C(=O)Nc4cc(Cl)ccc43)C2c2cccc(Cl)c2F)C1. The van der Waals surface area contributed by atoms with Crippen LogP contribution in [0, 0.1) is 17.2 Å². The number of carbonyl (C=O) groups excluding carboxylic acids is 2. The van der Waals surface area contributed by atoms with E-state index in [-0.39, 0.29) is 34.2 Å². The minimum absolute atomic E-state index is 0.0157. The van der Waals surface area contributed by atoms with Crippen LogP contribution < -0.4 is 10.6 Å². The van der Waals surface area contributed by atoms with E-state index in [1.165, 1.54) is 6.07 Å². The van der Waals surface area contributed by atoms with Crippen molar-refractivity contribution in [1.29, 1.82) is 0 Å². The zero-order valence-electron chi connectivity index (χ0n) is 18.0.